The Hall–Kier alpha value is -1.66. The van der Waals surface area contributed by atoms with Gasteiger partial charge in [0, 0.05) is 18.3 Å². The molecule has 20 heavy (non-hydrogen) atoms. The van der Waals surface area contributed by atoms with E-state index in [1.54, 1.807) is 12.1 Å². The molecule has 0 radical (unpaired) electrons. The van der Waals surface area contributed by atoms with Crippen LogP contribution in [0.5, 0.6) is 0 Å². The second-order valence-corrected chi connectivity index (χ2v) is 5.13. The maximum absolute atomic E-state index is 11.8. The van der Waals surface area contributed by atoms with Crippen LogP contribution in [0, 0.1) is 0 Å². The summed E-state index contributed by atoms with van der Waals surface area (Å²) < 4.78 is 0. The lowest BCUT2D eigenvalue weighted by atomic mass is 10.1. The van der Waals surface area contributed by atoms with Crippen molar-refractivity contribution in [3.8, 4) is 0 Å². The van der Waals surface area contributed by atoms with Gasteiger partial charge in [0.2, 0.25) is 11.5 Å². The number of aliphatic hydroxyl groups excluding tert-OH is 1. The van der Waals surface area contributed by atoms with Gasteiger partial charge in [-0.15, -0.1) is 0 Å². The number of hydrogen-bond donors (Lipinski definition) is 3. The van der Waals surface area contributed by atoms with Crippen molar-refractivity contribution < 1.29 is 9.90 Å². The number of likely N-dealkylation sites (tertiary alicyclic amines) is 1. The summed E-state index contributed by atoms with van der Waals surface area (Å²) >= 11 is 0. The average Bonchev–Trinajstić information content (AvgIpc) is 2.46. The summed E-state index contributed by atoms with van der Waals surface area (Å²) in [5, 5.41) is 12.6. The fourth-order valence-electron chi connectivity index (χ4n) is 2.36. The first-order valence-electron chi connectivity index (χ1n) is 7.01. The van der Waals surface area contributed by atoms with Crippen LogP contribution in [0.25, 0.3) is 0 Å². The van der Waals surface area contributed by atoms with Gasteiger partial charge in [-0.25, -0.2) is 0 Å². The molecule has 1 aliphatic heterocycles. The molecule has 2 rings (SSSR count). The van der Waals surface area contributed by atoms with Crippen LogP contribution in [0.4, 0.5) is 0 Å². The maximum atomic E-state index is 11.8. The number of amides is 1. The number of H-pyrrole nitrogens is 1. The first kappa shape index (κ1) is 14.7. The zero-order valence-corrected chi connectivity index (χ0v) is 11.5. The van der Waals surface area contributed by atoms with E-state index in [0.717, 1.165) is 25.9 Å². The van der Waals surface area contributed by atoms with Crippen molar-refractivity contribution in [2.45, 2.75) is 25.4 Å². The number of nitrogens with one attached hydrogen (secondary N) is 2. The second-order valence-electron chi connectivity index (χ2n) is 5.13. The molecule has 0 aromatic carbocycles. The summed E-state index contributed by atoms with van der Waals surface area (Å²) in [6, 6.07) is 4.58. The molecular formula is C14H21N3O3. The number of nitrogens with zero attached hydrogens (tertiary/aromatic N) is 1. The Bertz CT molecular complexity index is 494. The van der Waals surface area contributed by atoms with Gasteiger partial charge in [-0.05, 0) is 32.0 Å². The van der Waals surface area contributed by atoms with Crippen molar-refractivity contribution in [1.82, 2.24) is 15.2 Å². The molecule has 0 aliphatic carbocycles. The molecule has 1 aliphatic rings. The molecule has 0 saturated carbocycles. The van der Waals surface area contributed by atoms with Crippen LogP contribution >= 0.6 is 0 Å². The molecule has 1 aromatic rings. The highest BCUT2D eigenvalue weighted by Gasteiger charge is 2.15. The molecule has 1 atom stereocenters. The predicted molar refractivity (Wildman–Crippen MR) is 75.3 cm³/mol. The van der Waals surface area contributed by atoms with Gasteiger partial charge in [0.05, 0.1) is 6.54 Å². The molecular weight excluding hydrogens is 258 g/mol. The quantitative estimate of drug-likeness (QED) is 0.709. The van der Waals surface area contributed by atoms with Crippen molar-refractivity contribution in [3.05, 3.63) is 34.2 Å². The van der Waals surface area contributed by atoms with E-state index in [0.29, 0.717) is 12.2 Å². The third-order valence-electron chi connectivity index (χ3n) is 3.46. The molecule has 1 amide bonds. The van der Waals surface area contributed by atoms with Gasteiger partial charge in [-0.2, -0.15) is 0 Å². The predicted octanol–water partition coefficient (Wildman–Crippen LogP) is 0.0104. The molecule has 6 heteroatoms. The van der Waals surface area contributed by atoms with E-state index in [-0.39, 0.29) is 18.0 Å². The minimum atomic E-state index is -0.894. The summed E-state index contributed by atoms with van der Waals surface area (Å²) in [7, 11) is 0. The van der Waals surface area contributed by atoms with E-state index < -0.39 is 6.10 Å². The Morgan fingerprint density at radius 3 is 2.80 bits per heavy atom. The normalized spacial score (nSPS) is 17.6. The summed E-state index contributed by atoms with van der Waals surface area (Å²) in [5.41, 5.74) is 0.150. The fourth-order valence-corrected chi connectivity index (χ4v) is 2.36. The van der Waals surface area contributed by atoms with E-state index in [1.165, 1.54) is 12.5 Å². The Labute approximate surface area is 117 Å². The van der Waals surface area contributed by atoms with Crippen molar-refractivity contribution in [2.24, 2.45) is 0 Å². The van der Waals surface area contributed by atoms with Gasteiger partial charge in [-0.1, -0.05) is 12.5 Å². The van der Waals surface area contributed by atoms with Crippen LogP contribution in [0.15, 0.2) is 23.0 Å². The van der Waals surface area contributed by atoms with E-state index in [2.05, 4.69) is 15.2 Å². The van der Waals surface area contributed by atoms with Crippen molar-refractivity contribution in [2.75, 3.05) is 26.2 Å². The molecule has 0 spiro atoms. The van der Waals surface area contributed by atoms with Gasteiger partial charge >= 0.3 is 0 Å². The lowest BCUT2D eigenvalue weighted by Crippen LogP contribution is -2.41. The van der Waals surface area contributed by atoms with Crippen LogP contribution in [-0.2, 0) is 4.79 Å². The molecule has 1 saturated heterocycles. The standard InChI is InChI=1S/C14H21N3O3/c18-12(11-5-4-6-13(19)16-11)9-15-14(20)10-17-7-2-1-3-8-17/h4-6,12,18H,1-3,7-10H2,(H,15,20)(H,16,19). The van der Waals surface area contributed by atoms with Crippen LogP contribution in [0.1, 0.15) is 31.1 Å². The lowest BCUT2D eigenvalue weighted by Gasteiger charge is -2.25. The Morgan fingerprint density at radius 2 is 2.10 bits per heavy atom. The van der Waals surface area contributed by atoms with E-state index >= 15 is 0 Å². The fraction of sp³-hybridized carbons (Fsp3) is 0.571. The maximum Gasteiger partial charge on any atom is 0.248 e. The number of aromatic nitrogens is 1. The first-order chi connectivity index (χ1) is 9.65. The van der Waals surface area contributed by atoms with Crippen LogP contribution in [0.3, 0.4) is 0 Å². The van der Waals surface area contributed by atoms with Crippen LogP contribution in [0.2, 0.25) is 0 Å². The van der Waals surface area contributed by atoms with Crippen LogP contribution in [-0.4, -0.2) is 47.1 Å². The number of hydrogen-bond acceptors (Lipinski definition) is 4. The highest BCUT2D eigenvalue weighted by atomic mass is 16.3. The van der Waals surface area contributed by atoms with Gasteiger partial charge in [-0.3, -0.25) is 14.5 Å². The third-order valence-corrected chi connectivity index (χ3v) is 3.46. The number of rotatable bonds is 5. The third kappa shape index (κ3) is 4.47. The smallest absolute Gasteiger partial charge is 0.248 e. The summed E-state index contributed by atoms with van der Waals surface area (Å²) in [4.78, 5) is 27.6. The Kier molecular flexibility index (Phi) is 5.31. The summed E-state index contributed by atoms with van der Waals surface area (Å²) in [6.45, 7) is 2.40. The zero-order valence-electron chi connectivity index (χ0n) is 11.5. The topological polar surface area (TPSA) is 85.4 Å². The largest absolute Gasteiger partial charge is 0.385 e. The molecule has 3 N–H and O–H groups in total. The molecule has 1 unspecified atom stereocenters. The molecule has 0 bridgehead atoms. The minimum Gasteiger partial charge on any atom is -0.385 e. The van der Waals surface area contributed by atoms with E-state index in [4.69, 9.17) is 0 Å². The number of aliphatic hydroxyl groups is 1. The van der Waals surface area contributed by atoms with Crippen molar-refractivity contribution in [1.29, 1.82) is 0 Å². The highest BCUT2D eigenvalue weighted by Crippen LogP contribution is 2.08. The number of aromatic amines is 1. The van der Waals surface area contributed by atoms with Crippen molar-refractivity contribution >= 4 is 5.91 Å². The number of piperidine rings is 1. The molecule has 1 fully saturated rings. The van der Waals surface area contributed by atoms with Crippen LogP contribution < -0.4 is 10.9 Å². The SMILES string of the molecule is O=C(CN1CCCCC1)NCC(O)c1cccc(=O)[nH]1. The first-order valence-corrected chi connectivity index (χ1v) is 7.01. The lowest BCUT2D eigenvalue weighted by molar-refractivity contribution is -0.122. The van der Waals surface area contributed by atoms with E-state index in [9.17, 15) is 14.7 Å². The highest BCUT2D eigenvalue weighted by molar-refractivity contribution is 5.78. The zero-order chi connectivity index (χ0) is 14.4. The van der Waals surface area contributed by atoms with Gasteiger partial charge in [0.15, 0.2) is 0 Å². The molecule has 6 nitrogen and oxygen atoms in total. The summed E-state index contributed by atoms with van der Waals surface area (Å²) in [6.07, 6.45) is 2.62. The monoisotopic (exact) mass is 279 g/mol. The number of carbonyl (C=O) groups excluding carboxylic acids is 1. The van der Waals surface area contributed by atoms with E-state index in [1.807, 2.05) is 0 Å². The molecule has 1 aromatic heterocycles. The van der Waals surface area contributed by atoms with Gasteiger partial charge in [0.1, 0.15) is 6.10 Å². The Morgan fingerprint density at radius 1 is 1.35 bits per heavy atom. The van der Waals surface area contributed by atoms with Gasteiger partial charge in [0.25, 0.3) is 0 Å². The number of pyridine rings is 1. The second kappa shape index (κ2) is 7.21. The van der Waals surface area contributed by atoms with Crippen molar-refractivity contribution in [3.63, 3.8) is 0 Å². The Balaban J connectivity index is 1.76. The molecule has 110 valence electrons. The minimum absolute atomic E-state index is 0.0933. The summed E-state index contributed by atoms with van der Waals surface area (Å²) in [5.74, 6) is -0.0933. The van der Waals surface area contributed by atoms with Gasteiger partial charge < -0.3 is 15.4 Å². The molecule has 2 heterocycles. The average molecular weight is 279 g/mol. The number of carbonyl (C=O) groups is 1.